The summed E-state index contributed by atoms with van der Waals surface area (Å²) in [6, 6.07) is 3.85. The van der Waals surface area contributed by atoms with Crippen molar-refractivity contribution in [2.75, 3.05) is 13.7 Å². The van der Waals surface area contributed by atoms with E-state index < -0.39 is 11.9 Å². The summed E-state index contributed by atoms with van der Waals surface area (Å²) in [6.45, 7) is 6.21. The molecule has 1 rings (SSSR count). The minimum Gasteiger partial charge on any atom is -0.481 e. The van der Waals surface area contributed by atoms with Gasteiger partial charge in [-0.15, -0.1) is 0 Å². The van der Waals surface area contributed by atoms with E-state index in [0.29, 0.717) is 0 Å². The third-order valence-corrected chi connectivity index (χ3v) is 3.11. The maximum Gasteiger partial charge on any atom is 0.313 e. The third kappa shape index (κ3) is 2.42. The van der Waals surface area contributed by atoms with Crippen molar-refractivity contribution in [2.45, 2.75) is 26.7 Å². The van der Waals surface area contributed by atoms with Crippen molar-refractivity contribution in [3.63, 3.8) is 0 Å². The van der Waals surface area contributed by atoms with Gasteiger partial charge in [-0.25, -0.2) is 0 Å². The first-order valence-electron chi connectivity index (χ1n) is 5.27. The topological polar surface area (TPSA) is 46.5 Å². The molecule has 1 atom stereocenters. The summed E-state index contributed by atoms with van der Waals surface area (Å²) in [7, 11) is 1.52. The van der Waals surface area contributed by atoms with Crippen molar-refractivity contribution in [1.29, 1.82) is 0 Å². The lowest BCUT2D eigenvalue weighted by Crippen LogP contribution is -2.18. The number of rotatable bonds is 4. The summed E-state index contributed by atoms with van der Waals surface area (Å²) >= 11 is 0. The maximum atomic E-state index is 11.2. The van der Waals surface area contributed by atoms with Crippen LogP contribution < -0.4 is 0 Å². The van der Waals surface area contributed by atoms with Gasteiger partial charge < -0.3 is 9.84 Å². The average Bonchev–Trinajstić information content (AvgIpc) is 2.24. The molecule has 0 aliphatic heterocycles. The van der Waals surface area contributed by atoms with E-state index in [1.54, 1.807) is 0 Å². The zero-order valence-corrected chi connectivity index (χ0v) is 10.2. The molecular formula is C13H18O3. The monoisotopic (exact) mass is 222 g/mol. The summed E-state index contributed by atoms with van der Waals surface area (Å²) in [4.78, 5) is 11.2. The van der Waals surface area contributed by atoms with Gasteiger partial charge in [-0.3, -0.25) is 4.79 Å². The molecule has 0 saturated carbocycles. The Hall–Kier alpha value is -1.35. The van der Waals surface area contributed by atoms with Crippen LogP contribution in [-0.4, -0.2) is 24.8 Å². The number of carboxylic acids is 1. The van der Waals surface area contributed by atoms with Crippen LogP contribution in [0.2, 0.25) is 0 Å². The molecule has 3 nitrogen and oxygen atoms in total. The lowest BCUT2D eigenvalue weighted by atomic mass is 9.90. The van der Waals surface area contributed by atoms with E-state index in [4.69, 9.17) is 9.84 Å². The third-order valence-electron chi connectivity index (χ3n) is 3.11. The summed E-state index contributed by atoms with van der Waals surface area (Å²) in [5, 5.41) is 9.16. The second-order valence-electron chi connectivity index (χ2n) is 4.07. The molecule has 0 aliphatic carbocycles. The standard InChI is InChI=1S/C13H18O3/c1-8-5-6-11(10(3)9(8)2)12(7-16-4)13(14)15/h5-6,12H,7H2,1-4H3,(H,14,15). The van der Waals surface area contributed by atoms with Crippen LogP contribution in [-0.2, 0) is 9.53 Å². The number of carbonyl (C=O) groups is 1. The highest BCUT2D eigenvalue weighted by Gasteiger charge is 2.22. The smallest absolute Gasteiger partial charge is 0.313 e. The Morgan fingerprint density at radius 2 is 1.94 bits per heavy atom. The fraction of sp³-hybridized carbons (Fsp3) is 0.462. The fourth-order valence-electron chi connectivity index (χ4n) is 1.82. The van der Waals surface area contributed by atoms with Gasteiger partial charge in [0.05, 0.1) is 6.61 Å². The van der Waals surface area contributed by atoms with Crippen LogP contribution in [0, 0.1) is 20.8 Å². The summed E-state index contributed by atoms with van der Waals surface area (Å²) < 4.78 is 4.96. The minimum atomic E-state index is -0.840. The number of aryl methyl sites for hydroxylation is 1. The summed E-state index contributed by atoms with van der Waals surface area (Å²) in [5.41, 5.74) is 4.23. The van der Waals surface area contributed by atoms with Gasteiger partial charge in [-0.05, 0) is 43.0 Å². The number of ether oxygens (including phenoxy) is 1. The van der Waals surface area contributed by atoms with Crippen molar-refractivity contribution in [2.24, 2.45) is 0 Å². The van der Waals surface area contributed by atoms with Crippen LogP contribution in [0.1, 0.15) is 28.2 Å². The molecule has 0 saturated heterocycles. The number of hydrogen-bond donors (Lipinski definition) is 1. The predicted molar refractivity (Wildman–Crippen MR) is 62.9 cm³/mol. The molecule has 3 heteroatoms. The van der Waals surface area contributed by atoms with E-state index in [0.717, 1.165) is 16.7 Å². The maximum absolute atomic E-state index is 11.2. The molecule has 0 radical (unpaired) electrons. The van der Waals surface area contributed by atoms with Gasteiger partial charge in [0.15, 0.2) is 0 Å². The Labute approximate surface area is 96.1 Å². The highest BCUT2D eigenvalue weighted by molar-refractivity contribution is 5.77. The minimum absolute atomic E-state index is 0.207. The molecule has 1 unspecified atom stereocenters. The van der Waals surface area contributed by atoms with Crippen LogP contribution in [0.4, 0.5) is 0 Å². The van der Waals surface area contributed by atoms with Gasteiger partial charge in [-0.2, -0.15) is 0 Å². The predicted octanol–water partition coefficient (Wildman–Crippen LogP) is 2.43. The van der Waals surface area contributed by atoms with Gasteiger partial charge in [0.2, 0.25) is 0 Å². The van der Waals surface area contributed by atoms with Gasteiger partial charge in [0.1, 0.15) is 5.92 Å². The van der Waals surface area contributed by atoms with Crippen molar-refractivity contribution < 1.29 is 14.6 Å². The number of carboxylic acid groups (broad SMARTS) is 1. The number of aliphatic carboxylic acids is 1. The van der Waals surface area contributed by atoms with Crippen LogP contribution in [0.3, 0.4) is 0 Å². The average molecular weight is 222 g/mol. The van der Waals surface area contributed by atoms with E-state index in [2.05, 4.69) is 0 Å². The van der Waals surface area contributed by atoms with Crippen molar-refractivity contribution in [3.05, 3.63) is 34.4 Å². The molecule has 0 amide bonds. The zero-order valence-electron chi connectivity index (χ0n) is 10.2. The second-order valence-corrected chi connectivity index (χ2v) is 4.07. The largest absolute Gasteiger partial charge is 0.481 e. The van der Waals surface area contributed by atoms with Crippen LogP contribution >= 0.6 is 0 Å². The molecule has 1 aromatic carbocycles. The number of benzene rings is 1. The molecule has 1 N–H and O–H groups in total. The molecule has 0 aromatic heterocycles. The van der Waals surface area contributed by atoms with E-state index in [1.165, 1.54) is 12.7 Å². The van der Waals surface area contributed by atoms with Gasteiger partial charge in [-0.1, -0.05) is 12.1 Å². The van der Waals surface area contributed by atoms with Crippen molar-refractivity contribution >= 4 is 5.97 Å². The van der Waals surface area contributed by atoms with Gasteiger partial charge in [0.25, 0.3) is 0 Å². The van der Waals surface area contributed by atoms with E-state index in [9.17, 15) is 4.79 Å². The Morgan fingerprint density at radius 1 is 1.31 bits per heavy atom. The van der Waals surface area contributed by atoms with Crippen LogP contribution in [0.15, 0.2) is 12.1 Å². The molecule has 0 fully saturated rings. The van der Waals surface area contributed by atoms with Crippen LogP contribution in [0.5, 0.6) is 0 Å². The zero-order chi connectivity index (χ0) is 12.3. The van der Waals surface area contributed by atoms with Crippen molar-refractivity contribution in [1.82, 2.24) is 0 Å². The van der Waals surface area contributed by atoms with Gasteiger partial charge in [0, 0.05) is 7.11 Å². The Kier molecular flexibility index (Phi) is 4.07. The highest BCUT2D eigenvalue weighted by atomic mass is 16.5. The molecule has 0 bridgehead atoms. The van der Waals surface area contributed by atoms with E-state index in [-0.39, 0.29) is 6.61 Å². The molecule has 88 valence electrons. The fourth-order valence-corrected chi connectivity index (χ4v) is 1.82. The Bertz CT molecular complexity index is 396. The first-order valence-corrected chi connectivity index (χ1v) is 5.27. The molecule has 16 heavy (non-hydrogen) atoms. The van der Waals surface area contributed by atoms with E-state index >= 15 is 0 Å². The normalized spacial score (nSPS) is 12.5. The first-order chi connectivity index (χ1) is 7.49. The molecular weight excluding hydrogens is 204 g/mol. The summed E-state index contributed by atoms with van der Waals surface area (Å²) in [6.07, 6.45) is 0. The Balaban J connectivity index is 3.20. The summed E-state index contributed by atoms with van der Waals surface area (Å²) in [5.74, 6) is -1.42. The van der Waals surface area contributed by atoms with E-state index in [1.807, 2.05) is 32.9 Å². The lowest BCUT2D eigenvalue weighted by Gasteiger charge is -2.17. The lowest BCUT2D eigenvalue weighted by molar-refractivity contribution is -0.140. The Morgan fingerprint density at radius 3 is 2.44 bits per heavy atom. The highest BCUT2D eigenvalue weighted by Crippen LogP contribution is 2.25. The first kappa shape index (κ1) is 12.7. The SMILES string of the molecule is COCC(C(=O)O)c1ccc(C)c(C)c1C. The molecule has 0 aliphatic rings. The number of methoxy groups -OCH3 is 1. The molecule has 0 spiro atoms. The number of hydrogen-bond acceptors (Lipinski definition) is 2. The molecule has 0 heterocycles. The van der Waals surface area contributed by atoms with Gasteiger partial charge >= 0.3 is 5.97 Å². The quantitative estimate of drug-likeness (QED) is 0.851. The molecule has 1 aromatic rings. The van der Waals surface area contributed by atoms with Crippen molar-refractivity contribution in [3.8, 4) is 0 Å². The second kappa shape index (κ2) is 5.12. The van der Waals surface area contributed by atoms with Crippen LogP contribution in [0.25, 0.3) is 0 Å².